The molecule has 2 aromatic heterocycles. The third kappa shape index (κ3) is 5.34. The molecule has 2 aromatic carbocycles. The Morgan fingerprint density at radius 2 is 1.75 bits per heavy atom. The van der Waals surface area contributed by atoms with Gasteiger partial charge in [0.05, 0.1) is 36.1 Å². The maximum atomic E-state index is 13.2. The Kier molecular flexibility index (Phi) is 7.06. The molecule has 206 valence electrons. The van der Waals surface area contributed by atoms with Crippen LogP contribution in [-0.4, -0.2) is 59.4 Å². The summed E-state index contributed by atoms with van der Waals surface area (Å²) in [7, 11) is 4.00. The van der Waals surface area contributed by atoms with E-state index in [1.807, 2.05) is 37.3 Å². The normalized spacial score (nSPS) is 15.6. The lowest BCUT2D eigenvalue weighted by molar-refractivity contribution is 0.0900. The van der Waals surface area contributed by atoms with Crippen molar-refractivity contribution in [3.05, 3.63) is 83.8 Å². The average Bonchev–Trinajstić information content (AvgIpc) is 3.46. The molecule has 2 aliphatic heterocycles. The Bertz CT molecular complexity index is 1480. The van der Waals surface area contributed by atoms with E-state index in [1.54, 1.807) is 18.5 Å². The molecule has 0 atom stereocenters. The van der Waals surface area contributed by atoms with Crippen LogP contribution in [0.4, 0.5) is 33.2 Å². The largest absolute Gasteiger partial charge is 0.373 e. The fourth-order valence-corrected chi connectivity index (χ4v) is 5.50. The highest BCUT2D eigenvalue weighted by atomic mass is 19.1. The number of carbonyl (C=O) groups is 1. The number of H-pyrrole nitrogens is 1. The highest BCUT2D eigenvalue weighted by Gasteiger charge is 2.26. The molecule has 40 heavy (non-hydrogen) atoms. The zero-order chi connectivity index (χ0) is 27.6. The second-order valence-corrected chi connectivity index (χ2v) is 10.6. The van der Waals surface area contributed by atoms with Crippen molar-refractivity contribution in [2.75, 3.05) is 53.7 Å². The monoisotopic (exact) mass is 540 g/mol. The van der Waals surface area contributed by atoms with Gasteiger partial charge in [-0.25, -0.2) is 14.4 Å². The highest BCUT2D eigenvalue weighted by molar-refractivity contribution is 5.98. The minimum absolute atomic E-state index is 0.0288. The fraction of sp³-hybridized carbons (Fsp3) is 0.333. The third-order valence-electron chi connectivity index (χ3n) is 7.79. The van der Waals surface area contributed by atoms with Crippen LogP contribution in [0.25, 0.3) is 0 Å². The van der Waals surface area contributed by atoms with Gasteiger partial charge in [0.2, 0.25) is 5.95 Å². The molecule has 0 saturated carbocycles. The van der Waals surface area contributed by atoms with Crippen molar-refractivity contribution in [3.8, 4) is 0 Å². The number of anilines is 5. The zero-order valence-corrected chi connectivity index (χ0v) is 22.8. The highest BCUT2D eigenvalue weighted by Crippen LogP contribution is 2.31. The maximum Gasteiger partial charge on any atom is 0.229 e. The quantitative estimate of drug-likeness (QED) is 0.323. The molecular weight excluding hydrogens is 507 g/mol. The Morgan fingerprint density at radius 1 is 1.00 bits per heavy atom. The van der Waals surface area contributed by atoms with Gasteiger partial charge in [-0.05, 0) is 61.4 Å². The summed E-state index contributed by atoms with van der Waals surface area (Å²) in [5, 5.41) is 3.36. The number of aromatic nitrogens is 4. The van der Waals surface area contributed by atoms with Crippen LogP contribution < -0.4 is 20.0 Å². The zero-order valence-electron chi connectivity index (χ0n) is 22.8. The smallest absolute Gasteiger partial charge is 0.229 e. The van der Waals surface area contributed by atoms with E-state index >= 15 is 0 Å². The second-order valence-electron chi connectivity index (χ2n) is 10.6. The lowest BCUT2D eigenvalue weighted by atomic mass is 9.88. The number of fused-ring (bicyclic) bond motifs is 1. The summed E-state index contributed by atoms with van der Waals surface area (Å²) in [5.74, 6) is 1.19. The van der Waals surface area contributed by atoms with Gasteiger partial charge in [0, 0.05) is 63.0 Å². The summed E-state index contributed by atoms with van der Waals surface area (Å²) in [6.07, 6.45) is 6.05. The molecule has 10 heteroatoms. The number of hydrogen-bond donors (Lipinski definition) is 2. The number of benzene rings is 2. The molecule has 1 fully saturated rings. The summed E-state index contributed by atoms with van der Waals surface area (Å²) in [6.45, 7) is 3.18. The van der Waals surface area contributed by atoms with Gasteiger partial charge in [-0.15, -0.1) is 0 Å². The minimum Gasteiger partial charge on any atom is -0.373 e. The van der Waals surface area contributed by atoms with E-state index in [9.17, 15) is 9.18 Å². The van der Waals surface area contributed by atoms with Crippen molar-refractivity contribution in [2.45, 2.75) is 25.8 Å². The Labute approximate surface area is 233 Å². The summed E-state index contributed by atoms with van der Waals surface area (Å²) in [4.78, 5) is 36.6. The summed E-state index contributed by atoms with van der Waals surface area (Å²) >= 11 is 0. The first kappa shape index (κ1) is 25.8. The van der Waals surface area contributed by atoms with Crippen LogP contribution in [0.1, 0.15) is 34.6 Å². The molecule has 0 spiro atoms. The Morgan fingerprint density at radius 3 is 2.48 bits per heavy atom. The molecule has 9 nitrogen and oxygen atoms in total. The number of piperidine rings is 1. The molecule has 0 bridgehead atoms. The molecule has 1 saturated heterocycles. The maximum absolute atomic E-state index is 13.2. The minimum atomic E-state index is -0.322. The molecule has 4 heterocycles. The van der Waals surface area contributed by atoms with E-state index in [-0.39, 0.29) is 17.5 Å². The summed E-state index contributed by atoms with van der Waals surface area (Å²) in [6, 6.07) is 14.1. The van der Waals surface area contributed by atoms with Gasteiger partial charge in [0.25, 0.3) is 0 Å². The molecule has 0 amide bonds. The van der Waals surface area contributed by atoms with Crippen LogP contribution in [-0.2, 0) is 13.0 Å². The molecule has 4 aromatic rings. The van der Waals surface area contributed by atoms with Gasteiger partial charge in [0.15, 0.2) is 11.6 Å². The van der Waals surface area contributed by atoms with Crippen LogP contribution >= 0.6 is 0 Å². The lowest BCUT2D eigenvalue weighted by Gasteiger charge is -2.33. The molecular formula is C30H33FN8O. The number of aromatic amines is 1. The van der Waals surface area contributed by atoms with Gasteiger partial charge in [-0.3, -0.25) is 4.79 Å². The second kappa shape index (κ2) is 11.0. The standard InChI is InChI=1S/C30H33FN8O/c1-37(2)27-17-32-30(36-29(27)39-16-13-25-26(18-39)34-19-33-25)35-23-7-9-24(10-8-23)38-14-11-21(12-15-38)28(40)20-3-5-22(31)6-4-20/h3-10,17,19,21H,11-16,18H2,1-2H3,(H,33,34)(H,32,35,36). The Balaban J connectivity index is 1.10. The molecule has 0 aliphatic carbocycles. The van der Waals surface area contributed by atoms with Crippen LogP contribution in [0.5, 0.6) is 0 Å². The van der Waals surface area contributed by atoms with Crippen LogP contribution in [0.2, 0.25) is 0 Å². The number of imidazole rings is 1. The average molecular weight is 541 g/mol. The molecule has 2 N–H and O–H groups in total. The van der Waals surface area contributed by atoms with Gasteiger partial charge in [-0.2, -0.15) is 4.98 Å². The van der Waals surface area contributed by atoms with Crippen LogP contribution in [0.15, 0.2) is 61.1 Å². The fourth-order valence-electron chi connectivity index (χ4n) is 5.50. The van der Waals surface area contributed by atoms with Gasteiger partial charge in [-0.1, -0.05) is 0 Å². The first-order valence-corrected chi connectivity index (χ1v) is 13.7. The van der Waals surface area contributed by atoms with Crippen molar-refractivity contribution >= 4 is 34.6 Å². The van der Waals surface area contributed by atoms with Crippen molar-refractivity contribution < 1.29 is 9.18 Å². The van der Waals surface area contributed by atoms with Gasteiger partial charge >= 0.3 is 0 Å². The number of Topliss-reactive ketones (excluding diaryl/α,β-unsaturated/α-hetero) is 1. The summed E-state index contributed by atoms with van der Waals surface area (Å²) < 4.78 is 13.2. The first-order chi connectivity index (χ1) is 19.4. The van der Waals surface area contributed by atoms with Crippen molar-refractivity contribution in [3.63, 3.8) is 0 Å². The van der Waals surface area contributed by atoms with Crippen molar-refractivity contribution in [2.24, 2.45) is 5.92 Å². The van der Waals surface area contributed by atoms with Gasteiger partial charge < -0.3 is 25.0 Å². The summed E-state index contributed by atoms with van der Waals surface area (Å²) in [5.41, 5.74) is 5.83. The number of ketones is 1. The lowest BCUT2D eigenvalue weighted by Crippen LogP contribution is -2.36. The predicted octanol–water partition coefficient (Wildman–Crippen LogP) is 4.81. The van der Waals surface area contributed by atoms with E-state index < -0.39 is 0 Å². The number of hydrogen-bond acceptors (Lipinski definition) is 8. The van der Waals surface area contributed by atoms with Gasteiger partial charge in [0.1, 0.15) is 5.82 Å². The van der Waals surface area contributed by atoms with Crippen molar-refractivity contribution in [1.29, 1.82) is 0 Å². The van der Waals surface area contributed by atoms with E-state index in [2.05, 4.69) is 42.2 Å². The van der Waals surface area contributed by atoms with E-state index in [1.165, 1.54) is 12.1 Å². The van der Waals surface area contributed by atoms with E-state index in [0.29, 0.717) is 11.5 Å². The number of nitrogens with zero attached hydrogens (tertiary/aromatic N) is 6. The van der Waals surface area contributed by atoms with E-state index in [0.717, 1.165) is 79.7 Å². The molecule has 0 unspecified atom stereocenters. The van der Waals surface area contributed by atoms with Crippen LogP contribution in [0.3, 0.4) is 0 Å². The Hall–Kier alpha value is -4.47. The predicted molar refractivity (Wildman–Crippen MR) is 155 cm³/mol. The molecule has 2 aliphatic rings. The van der Waals surface area contributed by atoms with Crippen molar-refractivity contribution in [1.82, 2.24) is 19.9 Å². The van der Waals surface area contributed by atoms with E-state index in [4.69, 9.17) is 4.98 Å². The molecule has 6 rings (SSSR count). The number of nitrogens with one attached hydrogen (secondary N) is 2. The SMILES string of the molecule is CN(C)c1cnc(Nc2ccc(N3CCC(C(=O)c4ccc(F)cc4)CC3)cc2)nc1N1CCc2nc[nH]c2C1. The number of halogens is 1. The third-order valence-corrected chi connectivity index (χ3v) is 7.79. The number of carbonyl (C=O) groups excluding carboxylic acids is 1. The topological polar surface area (TPSA) is 93.3 Å². The molecule has 0 radical (unpaired) electrons. The number of rotatable bonds is 7. The van der Waals surface area contributed by atoms with Crippen LogP contribution in [0, 0.1) is 11.7 Å². The first-order valence-electron chi connectivity index (χ1n) is 13.7.